The summed E-state index contributed by atoms with van der Waals surface area (Å²) in [4.78, 5) is 14.4. The van der Waals surface area contributed by atoms with E-state index in [9.17, 15) is 4.79 Å². The van der Waals surface area contributed by atoms with Gasteiger partial charge in [0.1, 0.15) is 0 Å². The van der Waals surface area contributed by atoms with Crippen LogP contribution < -0.4 is 0 Å². The number of rotatable bonds is 1. The van der Waals surface area contributed by atoms with Gasteiger partial charge < -0.3 is 0 Å². The van der Waals surface area contributed by atoms with Crippen LogP contribution in [-0.4, -0.2) is 11.6 Å². The number of hydrogen-bond acceptors (Lipinski definition) is 2. The summed E-state index contributed by atoms with van der Waals surface area (Å²) in [5, 5.41) is 0. The molecule has 3 bridgehead atoms. The van der Waals surface area contributed by atoms with E-state index in [2.05, 4.69) is 4.99 Å². The molecule has 0 N–H and O–H groups in total. The normalized spacial score (nSPS) is 51.8. The second-order valence-electron chi connectivity index (χ2n) is 5.45. The molecule has 0 saturated heterocycles. The lowest BCUT2D eigenvalue weighted by Gasteiger charge is -2.63. The molecule has 4 saturated carbocycles. The molecule has 0 amide bonds. The van der Waals surface area contributed by atoms with Gasteiger partial charge in [0, 0.05) is 0 Å². The van der Waals surface area contributed by atoms with E-state index in [1.54, 1.807) is 6.08 Å². The van der Waals surface area contributed by atoms with Gasteiger partial charge in [0.2, 0.25) is 6.08 Å². The largest absolute Gasteiger partial charge is 0.235 e. The van der Waals surface area contributed by atoms with Crippen LogP contribution in [0.2, 0.25) is 0 Å². The maximum Gasteiger partial charge on any atom is 0.235 e. The molecule has 0 aromatic rings. The van der Waals surface area contributed by atoms with E-state index >= 15 is 0 Å². The molecule has 13 heavy (non-hydrogen) atoms. The Morgan fingerprint density at radius 2 is 2.15 bits per heavy atom. The van der Waals surface area contributed by atoms with Crippen LogP contribution in [0, 0.1) is 11.3 Å². The van der Waals surface area contributed by atoms with Crippen molar-refractivity contribution in [2.24, 2.45) is 16.3 Å². The van der Waals surface area contributed by atoms with Crippen molar-refractivity contribution < 1.29 is 4.79 Å². The van der Waals surface area contributed by atoms with Gasteiger partial charge in [-0.2, -0.15) is 4.99 Å². The van der Waals surface area contributed by atoms with E-state index in [0.29, 0.717) is 5.41 Å². The van der Waals surface area contributed by atoms with Crippen LogP contribution in [0.1, 0.15) is 44.9 Å². The van der Waals surface area contributed by atoms with Gasteiger partial charge in [-0.05, 0) is 43.4 Å². The first-order valence-corrected chi connectivity index (χ1v) is 5.35. The van der Waals surface area contributed by atoms with Crippen molar-refractivity contribution in [1.82, 2.24) is 0 Å². The monoisotopic (exact) mass is 177 g/mol. The zero-order valence-electron chi connectivity index (χ0n) is 7.88. The highest BCUT2D eigenvalue weighted by molar-refractivity contribution is 5.37. The Kier molecular flexibility index (Phi) is 1.34. The van der Waals surface area contributed by atoms with Crippen molar-refractivity contribution in [1.29, 1.82) is 0 Å². The summed E-state index contributed by atoms with van der Waals surface area (Å²) in [5.41, 5.74) is 0.673. The summed E-state index contributed by atoms with van der Waals surface area (Å²) in [6.07, 6.45) is 10.9. The summed E-state index contributed by atoms with van der Waals surface area (Å²) in [5.74, 6) is 0.869. The molecule has 4 aliphatic rings. The van der Waals surface area contributed by atoms with Crippen molar-refractivity contribution in [3.05, 3.63) is 0 Å². The van der Waals surface area contributed by atoms with Gasteiger partial charge in [0.15, 0.2) is 0 Å². The van der Waals surface area contributed by atoms with E-state index in [0.717, 1.165) is 5.92 Å². The van der Waals surface area contributed by atoms with Gasteiger partial charge in [-0.15, -0.1) is 0 Å². The third-order valence-electron chi connectivity index (χ3n) is 4.40. The molecule has 1 atom stereocenters. The first kappa shape index (κ1) is 7.75. The van der Waals surface area contributed by atoms with Gasteiger partial charge in [-0.3, -0.25) is 0 Å². The molecule has 1 spiro atoms. The van der Waals surface area contributed by atoms with E-state index in [4.69, 9.17) is 0 Å². The van der Waals surface area contributed by atoms with Crippen molar-refractivity contribution in [2.75, 3.05) is 0 Å². The summed E-state index contributed by atoms with van der Waals surface area (Å²) in [6.45, 7) is 0. The van der Waals surface area contributed by atoms with Crippen LogP contribution >= 0.6 is 0 Å². The highest BCUT2D eigenvalue weighted by Crippen LogP contribution is 2.66. The Bertz CT molecular complexity index is 279. The van der Waals surface area contributed by atoms with Gasteiger partial charge in [0.25, 0.3) is 0 Å². The van der Waals surface area contributed by atoms with Gasteiger partial charge in [-0.25, -0.2) is 4.79 Å². The zero-order chi connectivity index (χ0) is 8.94. The summed E-state index contributed by atoms with van der Waals surface area (Å²) in [6, 6.07) is 0. The lowest BCUT2D eigenvalue weighted by atomic mass is 9.43. The van der Waals surface area contributed by atoms with Crippen molar-refractivity contribution in [3.63, 3.8) is 0 Å². The average molecular weight is 177 g/mol. The standard InChI is InChI=1S/C11H15NO/c13-8-12-11-5-9-2-1-3-10(4-9,6-11)7-11/h9H,1-7H2. The fourth-order valence-corrected chi connectivity index (χ4v) is 4.33. The fraction of sp³-hybridized carbons (Fsp3) is 0.909. The average Bonchev–Trinajstić information content (AvgIpc) is 2.01. The van der Waals surface area contributed by atoms with Crippen LogP contribution in [0.4, 0.5) is 0 Å². The first-order valence-electron chi connectivity index (χ1n) is 5.35. The molecule has 70 valence electrons. The van der Waals surface area contributed by atoms with E-state index < -0.39 is 0 Å². The summed E-state index contributed by atoms with van der Waals surface area (Å²) >= 11 is 0. The highest BCUT2D eigenvalue weighted by atomic mass is 16.1. The van der Waals surface area contributed by atoms with Crippen LogP contribution in [0.25, 0.3) is 0 Å². The lowest BCUT2D eigenvalue weighted by molar-refractivity contribution is -0.0893. The highest BCUT2D eigenvalue weighted by Gasteiger charge is 2.60. The molecule has 0 aromatic carbocycles. The number of aliphatic imine (C=N–C) groups is 1. The minimum Gasteiger partial charge on any atom is -0.211 e. The van der Waals surface area contributed by atoms with Gasteiger partial charge in [-0.1, -0.05) is 12.8 Å². The number of isocyanates is 1. The van der Waals surface area contributed by atoms with E-state index in [1.165, 1.54) is 44.9 Å². The predicted octanol–water partition coefficient (Wildman–Crippen LogP) is 2.44. The van der Waals surface area contributed by atoms with Crippen LogP contribution in [-0.2, 0) is 4.79 Å². The predicted molar refractivity (Wildman–Crippen MR) is 49.1 cm³/mol. The molecule has 4 aliphatic carbocycles. The molecule has 4 rings (SSSR count). The molecule has 0 aliphatic heterocycles. The quantitative estimate of drug-likeness (QED) is 0.447. The Morgan fingerprint density at radius 3 is 2.85 bits per heavy atom. The Hall–Kier alpha value is -0.620. The van der Waals surface area contributed by atoms with Crippen LogP contribution in [0.15, 0.2) is 4.99 Å². The van der Waals surface area contributed by atoms with E-state index in [1.807, 2.05) is 0 Å². The lowest BCUT2D eigenvalue weighted by Crippen LogP contribution is -2.58. The topological polar surface area (TPSA) is 29.4 Å². The Labute approximate surface area is 78.4 Å². The second-order valence-corrected chi connectivity index (χ2v) is 5.45. The summed E-state index contributed by atoms with van der Waals surface area (Å²) in [7, 11) is 0. The Balaban J connectivity index is 1.89. The number of nitrogens with zero attached hydrogens (tertiary/aromatic N) is 1. The summed E-state index contributed by atoms with van der Waals surface area (Å²) < 4.78 is 0. The minimum absolute atomic E-state index is 0.0606. The van der Waals surface area contributed by atoms with Crippen molar-refractivity contribution in [3.8, 4) is 0 Å². The third-order valence-corrected chi connectivity index (χ3v) is 4.40. The van der Waals surface area contributed by atoms with Crippen LogP contribution in [0.3, 0.4) is 0 Å². The maximum absolute atomic E-state index is 10.3. The van der Waals surface area contributed by atoms with Gasteiger partial charge in [0.05, 0.1) is 5.54 Å². The zero-order valence-corrected chi connectivity index (χ0v) is 7.88. The molecule has 2 nitrogen and oxygen atoms in total. The minimum atomic E-state index is 0.0606. The second kappa shape index (κ2) is 2.24. The molecular weight excluding hydrogens is 162 g/mol. The van der Waals surface area contributed by atoms with E-state index in [-0.39, 0.29) is 5.54 Å². The number of hydrogen-bond donors (Lipinski definition) is 0. The molecule has 0 radical (unpaired) electrons. The van der Waals surface area contributed by atoms with Crippen molar-refractivity contribution >= 4 is 6.08 Å². The maximum atomic E-state index is 10.3. The molecule has 4 fully saturated rings. The van der Waals surface area contributed by atoms with Gasteiger partial charge >= 0.3 is 0 Å². The molecule has 1 unspecified atom stereocenters. The number of carbonyl (C=O) groups excluding carboxylic acids is 1. The third kappa shape index (κ3) is 0.955. The molecule has 2 heteroatoms. The smallest absolute Gasteiger partial charge is 0.211 e. The molecular formula is C11H15NO. The molecule has 0 heterocycles. The van der Waals surface area contributed by atoms with Crippen LogP contribution in [0.5, 0.6) is 0 Å². The Morgan fingerprint density at radius 1 is 1.31 bits per heavy atom. The van der Waals surface area contributed by atoms with Crippen molar-refractivity contribution in [2.45, 2.75) is 50.5 Å². The fourth-order valence-electron chi connectivity index (χ4n) is 4.33. The molecule has 0 aromatic heterocycles. The first-order chi connectivity index (χ1) is 6.26. The SMILES string of the molecule is O=C=NC12CC3CCCC(C3)(C1)C2.